The Balaban J connectivity index is 1.56. The molecule has 5 rings (SSSR count). The molecule has 0 saturated heterocycles. The van der Waals surface area contributed by atoms with Gasteiger partial charge in [-0.1, -0.05) is 29.8 Å². The van der Waals surface area contributed by atoms with Gasteiger partial charge in [0.1, 0.15) is 23.3 Å². The number of hydrogen-bond donors (Lipinski definition) is 1. The highest BCUT2D eigenvalue weighted by molar-refractivity contribution is 7.98. The van der Waals surface area contributed by atoms with Crippen LogP contribution in [-0.4, -0.2) is 33.4 Å². The Morgan fingerprint density at radius 1 is 1.08 bits per heavy atom. The number of methoxy groups -OCH3 is 1. The van der Waals surface area contributed by atoms with Crippen molar-refractivity contribution in [3.05, 3.63) is 94.5 Å². The summed E-state index contributed by atoms with van der Waals surface area (Å²) < 4.78 is 8.58. The van der Waals surface area contributed by atoms with Gasteiger partial charge in [0.05, 0.1) is 25.5 Å². The van der Waals surface area contributed by atoms with E-state index in [0.717, 1.165) is 38.4 Å². The van der Waals surface area contributed by atoms with E-state index in [4.69, 9.17) is 4.74 Å². The van der Waals surface area contributed by atoms with Crippen LogP contribution >= 0.6 is 11.8 Å². The number of anilines is 1. The summed E-state index contributed by atoms with van der Waals surface area (Å²) in [6.07, 6.45) is 3.57. The lowest BCUT2D eigenvalue weighted by molar-refractivity contribution is -0.116. The van der Waals surface area contributed by atoms with Crippen LogP contribution in [0.2, 0.25) is 0 Å². The fourth-order valence-corrected chi connectivity index (χ4v) is 4.82. The maximum atomic E-state index is 13.7. The van der Waals surface area contributed by atoms with Gasteiger partial charge in [-0.25, -0.2) is 4.98 Å². The first-order valence-electron chi connectivity index (χ1n) is 11.5. The van der Waals surface area contributed by atoms with E-state index < -0.39 is 0 Å². The Morgan fingerprint density at radius 2 is 1.89 bits per heavy atom. The number of nitrogens with one attached hydrogen (secondary N) is 1. The van der Waals surface area contributed by atoms with Gasteiger partial charge < -0.3 is 14.6 Å². The molecule has 0 fully saturated rings. The summed E-state index contributed by atoms with van der Waals surface area (Å²) in [5.41, 5.74) is 4.35. The van der Waals surface area contributed by atoms with Gasteiger partial charge >= 0.3 is 0 Å². The molecule has 1 amide bonds. The fourth-order valence-electron chi connectivity index (χ4n) is 4.36. The molecule has 2 aromatic heterocycles. The first kappa shape index (κ1) is 23.7. The molecule has 0 spiro atoms. The maximum Gasteiger partial charge on any atom is 0.278 e. The summed E-state index contributed by atoms with van der Waals surface area (Å²) in [7, 11) is 1.62. The number of thioether (sulfide) groups is 1. The van der Waals surface area contributed by atoms with E-state index in [9.17, 15) is 9.59 Å². The molecule has 1 N–H and O–H groups in total. The number of hydrogen-bond acceptors (Lipinski definition) is 5. The Hall–Kier alpha value is -4.04. The zero-order valence-electron chi connectivity index (χ0n) is 20.3. The van der Waals surface area contributed by atoms with Gasteiger partial charge in [-0.05, 0) is 61.2 Å². The number of aromatic nitrogens is 3. The molecule has 0 unspecified atom stereocenters. The van der Waals surface area contributed by atoms with Crippen molar-refractivity contribution < 1.29 is 9.53 Å². The number of carbonyl (C=O) groups excluding carboxylic acids is 1. The van der Waals surface area contributed by atoms with Crippen LogP contribution in [0, 0.1) is 6.92 Å². The van der Waals surface area contributed by atoms with E-state index in [1.807, 2.05) is 79.9 Å². The van der Waals surface area contributed by atoms with Crippen LogP contribution in [0.5, 0.6) is 5.75 Å². The molecule has 182 valence electrons. The number of nitrogens with zero attached hydrogens (tertiary/aromatic N) is 3. The van der Waals surface area contributed by atoms with Gasteiger partial charge in [0.2, 0.25) is 5.91 Å². The number of aryl methyl sites for hydroxylation is 1. The van der Waals surface area contributed by atoms with Gasteiger partial charge in [-0.2, -0.15) is 0 Å². The van der Waals surface area contributed by atoms with Gasteiger partial charge in [-0.15, -0.1) is 11.8 Å². The Labute approximate surface area is 212 Å². The molecular formula is C28H26N4O3S. The summed E-state index contributed by atoms with van der Waals surface area (Å²) >= 11 is 1.61. The summed E-state index contributed by atoms with van der Waals surface area (Å²) in [4.78, 5) is 32.5. The predicted octanol–water partition coefficient (Wildman–Crippen LogP) is 5.08. The fraction of sp³-hybridized carbons (Fsp3) is 0.179. The first-order valence-corrected chi connectivity index (χ1v) is 12.7. The van der Waals surface area contributed by atoms with E-state index in [-0.39, 0.29) is 18.0 Å². The van der Waals surface area contributed by atoms with Crippen molar-refractivity contribution in [3.8, 4) is 5.75 Å². The van der Waals surface area contributed by atoms with E-state index >= 15 is 0 Å². The summed E-state index contributed by atoms with van der Waals surface area (Å²) in [6, 6.07) is 21.2. The second-order valence-corrected chi connectivity index (χ2v) is 9.49. The third-order valence-electron chi connectivity index (χ3n) is 6.15. The van der Waals surface area contributed by atoms with Gasteiger partial charge in [0, 0.05) is 16.0 Å². The van der Waals surface area contributed by atoms with Crippen molar-refractivity contribution >= 4 is 45.3 Å². The highest BCUT2D eigenvalue weighted by Crippen LogP contribution is 2.27. The Kier molecular flexibility index (Phi) is 6.52. The van der Waals surface area contributed by atoms with Crippen molar-refractivity contribution in [2.45, 2.75) is 24.9 Å². The van der Waals surface area contributed by atoms with E-state index in [1.54, 1.807) is 34.3 Å². The molecule has 36 heavy (non-hydrogen) atoms. The van der Waals surface area contributed by atoms with Gasteiger partial charge in [0.15, 0.2) is 0 Å². The average Bonchev–Trinajstić information content (AvgIpc) is 3.19. The zero-order valence-corrected chi connectivity index (χ0v) is 21.1. The lowest BCUT2D eigenvalue weighted by Crippen LogP contribution is -2.25. The average molecular weight is 499 g/mol. The number of amides is 1. The normalized spacial score (nSPS) is 11.2. The highest BCUT2D eigenvalue weighted by atomic mass is 32.2. The minimum Gasteiger partial charge on any atom is -0.497 e. The lowest BCUT2D eigenvalue weighted by atomic mass is 10.1. The van der Waals surface area contributed by atoms with Crippen LogP contribution in [0.1, 0.15) is 11.1 Å². The third kappa shape index (κ3) is 4.59. The Bertz CT molecular complexity index is 1640. The highest BCUT2D eigenvalue weighted by Gasteiger charge is 2.19. The van der Waals surface area contributed by atoms with Crippen molar-refractivity contribution in [2.75, 3.05) is 18.7 Å². The number of carbonyl (C=O) groups is 1. The number of ether oxygens (including phenoxy) is 1. The molecule has 0 bridgehead atoms. The first-order chi connectivity index (χ1) is 17.5. The minimum absolute atomic E-state index is 0.00394. The Morgan fingerprint density at radius 3 is 2.64 bits per heavy atom. The van der Waals surface area contributed by atoms with Gasteiger partial charge in [-0.3, -0.25) is 14.2 Å². The van der Waals surface area contributed by atoms with Crippen molar-refractivity contribution in [1.82, 2.24) is 14.1 Å². The van der Waals surface area contributed by atoms with Crippen LogP contribution in [-0.2, 0) is 17.9 Å². The molecular weight excluding hydrogens is 472 g/mol. The largest absolute Gasteiger partial charge is 0.497 e. The number of rotatable bonds is 7. The molecule has 8 heteroatoms. The van der Waals surface area contributed by atoms with Crippen molar-refractivity contribution in [2.24, 2.45) is 0 Å². The van der Waals surface area contributed by atoms with Crippen LogP contribution in [0.3, 0.4) is 0 Å². The van der Waals surface area contributed by atoms with Crippen LogP contribution in [0.15, 0.2) is 82.7 Å². The smallest absolute Gasteiger partial charge is 0.278 e. The SMILES string of the molecule is COc1ccc(Cn2cnc3c4cc(C)ccc4n(CC(=O)Nc4cccc(SC)c4)c3c2=O)cc1. The number of benzene rings is 3. The molecule has 0 aliphatic carbocycles. The zero-order chi connectivity index (χ0) is 25.2. The second-order valence-electron chi connectivity index (χ2n) is 8.61. The van der Waals surface area contributed by atoms with E-state index in [1.165, 1.54) is 0 Å². The van der Waals surface area contributed by atoms with Crippen LogP contribution < -0.4 is 15.6 Å². The molecule has 3 aromatic carbocycles. The van der Waals surface area contributed by atoms with Crippen LogP contribution in [0.4, 0.5) is 5.69 Å². The molecule has 0 atom stereocenters. The molecule has 0 aliphatic rings. The third-order valence-corrected chi connectivity index (χ3v) is 6.87. The standard InChI is InChI=1S/C28H26N4O3S/c1-18-7-12-24-23(13-18)26-27(32(24)16-25(33)30-20-5-4-6-22(14-20)36-3)28(34)31(17-29-26)15-19-8-10-21(35-2)11-9-19/h4-14,17H,15-16H2,1-3H3,(H,30,33). The van der Waals surface area contributed by atoms with Crippen molar-refractivity contribution in [3.63, 3.8) is 0 Å². The molecule has 0 saturated carbocycles. The van der Waals surface area contributed by atoms with Crippen LogP contribution in [0.25, 0.3) is 21.9 Å². The lowest BCUT2D eigenvalue weighted by Gasteiger charge is -2.11. The topological polar surface area (TPSA) is 78.2 Å². The molecule has 0 radical (unpaired) electrons. The molecule has 7 nitrogen and oxygen atoms in total. The monoisotopic (exact) mass is 498 g/mol. The molecule has 5 aromatic rings. The number of fused-ring (bicyclic) bond motifs is 3. The summed E-state index contributed by atoms with van der Waals surface area (Å²) in [5.74, 6) is 0.543. The minimum atomic E-state index is -0.211. The quantitative estimate of drug-likeness (QED) is 0.317. The second kappa shape index (κ2) is 9.91. The predicted molar refractivity (Wildman–Crippen MR) is 145 cm³/mol. The molecule has 2 heterocycles. The van der Waals surface area contributed by atoms with Gasteiger partial charge in [0.25, 0.3) is 5.56 Å². The van der Waals surface area contributed by atoms with E-state index in [2.05, 4.69) is 10.3 Å². The molecule has 0 aliphatic heterocycles. The van der Waals surface area contributed by atoms with E-state index in [0.29, 0.717) is 17.6 Å². The maximum absolute atomic E-state index is 13.7. The summed E-state index contributed by atoms with van der Waals surface area (Å²) in [6.45, 7) is 2.36. The summed E-state index contributed by atoms with van der Waals surface area (Å²) in [5, 5.41) is 3.82. The van der Waals surface area contributed by atoms with Crippen molar-refractivity contribution in [1.29, 1.82) is 0 Å².